The van der Waals surface area contributed by atoms with E-state index in [2.05, 4.69) is 52.6 Å². The minimum absolute atomic E-state index is 0.971. The van der Waals surface area contributed by atoms with Gasteiger partial charge in [-0.15, -0.1) is 0 Å². The zero-order chi connectivity index (χ0) is 13.2. The molecule has 102 valence electrons. The standard InChI is InChI=1S/C15H22N4/c1-3-17-7-9-18(10-8-17)11-14-12-19-6-4-5-13(2)15(19)16-14/h4-6,12H,3,7-11H2,1-2H3. The van der Waals surface area contributed by atoms with Gasteiger partial charge < -0.3 is 9.30 Å². The van der Waals surface area contributed by atoms with Gasteiger partial charge in [0.1, 0.15) is 5.65 Å². The van der Waals surface area contributed by atoms with Crippen molar-refractivity contribution in [3.8, 4) is 0 Å². The number of imidazole rings is 1. The molecule has 0 amide bonds. The van der Waals surface area contributed by atoms with Crippen LogP contribution < -0.4 is 0 Å². The summed E-state index contributed by atoms with van der Waals surface area (Å²) in [5.74, 6) is 0. The Balaban J connectivity index is 1.70. The van der Waals surface area contributed by atoms with Crippen LogP contribution in [-0.2, 0) is 6.54 Å². The van der Waals surface area contributed by atoms with Gasteiger partial charge in [-0.2, -0.15) is 0 Å². The molecule has 2 aromatic heterocycles. The Labute approximate surface area is 114 Å². The van der Waals surface area contributed by atoms with Gasteiger partial charge in [0.15, 0.2) is 0 Å². The average Bonchev–Trinajstić information content (AvgIpc) is 2.84. The van der Waals surface area contributed by atoms with E-state index < -0.39 is 0 Å². The average molecular weight is 258 g/mol. The van der Waals surface area contributed by atoms with Gasteiger partial charge in [0.2, 0.25) is 0 Å². The molecule has 0 saturated carbocycles. The van der Waals surface area contributed by atoms with E-state index in [1.807, 2.05) is 0 Å². The van der Waals surface area contributed by atoms with E-state index in [-0.39, 0.29) is 0 Å². The third-order valence-corrected chi connectivity index (χ3v) is 4.03. The second kappa shape index (κ2) is 5.31. The normalized spacial score (nSPS) is 18.2. The smallest absolute Gasteiger partial charge is 0.139 e. The summed E-state index contributed by atoms with van der Waals surface area (Å²) in [6, 6.07) is 4.19. The van der Waals surface area contributed by atoms with Crippen LogP contribution in [0.3, 0.4) is 0 Å². The highest BCUT2D eigenvalue weighted by molar-refractivity contribution is 5.47. The van der Waals surface area contributed by atoms with Gasteiger partial charge in [-0.3, -0.25) is 4.90 Å². The predicted octanol–water partition coefficient (Wildman–Crippen LogP) is 1.78. The lowest BCUT2D eigenvalue weighted by atomic mass is 10.3. The Hall–Kier alpha value is -1.39. The molecule has 0 aliphatic carbocycles. The number of likely N-dealkylation sites (N-methyl/N-ethyl adjacent to an activating group) is 1. The van der Waals surface area contributed by atoms with Crippen LogP contribution in [0.25, 0.3) is 5.65 Å². The van der Waals surface area contributed by atoms with E-state index in [4.69, 9.17) is 4.98 Å². The molecule has 3 heterocycles. The van der Waals surface area contributed by atoms with Crippen molar-refractivity contribution in [3.05, 3.63) is 35.8 Å². The molecule has 1 saturated heterocycles. The first-order chi connectivity index (χ1) is 9.26. The number of hydrogen-bond donors (Lipinski definition) is 0. The number of fused-ring (bicyclic) bond motifs is 1. The fraction of sp³-hybridized carbons (Fsp3) is 0.533. The van der Waals surface area contributed by atoms with Gasteiger partial charge in [0.05, 0.1) is 5.69 Å². The van der Waals surface area contributed by atoms with E-state index in [0.29, 0.717) is 0 Å². The highest BCUT2D eigenvalue weighted by atomic mass is 15.3. The monoisotopic (exact) mass is 258 g/mol. The van der Waals surface area contributed by atoms with Crippen molar-refractivity contribution in [3.63, 3.8) is 0 Å². The first kappa shape index (κ1) is 12.6. The molecule has 1 aliphatic rings. The zero-order valence-corrected chi connectivity index (χ0v) is 11.8. The van der Waals surface area contributed by atoms with E-state index in [9.17, 15) is 0 Å². The Morgan fingerprint density at radius 2 is 1.89 bits per heavy atom. The van der Waals surface area contributed by atoms with Crippen molar-refractivity contribution in [1.29, 1.82) is 0 Å². The van der Waals surface area contributed by atoms with E-state index in [1.54, 1.807) is 0 Å². The first-order valence-electron chi connectivity index (χ1n) is 7.14. The summed E-state index contributed by atoms with van der Waals surface area (Å²) in [5, 5.41) is 0. The Bertz CT molecular complexity index is 552. The van der Waals surface area contributed by atoms with Crippen LogP contribution in [0.15, 0.2) is 24.5 Å². The van der Waals surface area contributed by atoms with Gasteiger partial charge in [-0.25, -0.2) is 4.98 Å². The lowest BCUT2D eigenvalue weighted by Crippen LogP contribution is -2.45. The fourth-order valence-corrected chi connectivity index (χ4v) is 2.77. The van der Waals surface area contributed by atoms with Crippen molar-refractivity contribution >= 4 is 5.65 Å². The maximum Gasteiger partial charge on any atom is 0.139 e. The molecule has 19 heavy (non-hydrogen) atoms. The number of hydrogen-bond acceptors (Lipinski definition) is 3. The van der Waals surface area contributed by atoms with Gasteiger partial charge in [0.25, 0.3) is 0 Å². The van der Waals surface area contributed by atoms with E-state index in [1.165, 1.54) is 30.9 Å². The molecule has 0 spiro atoms. The summed E-state index contributed by atoms with van der Waals surface area (Å²) in [4.78, 5) is 9.76. The fourth-order valence-electron chi connectivity index (χ4n) is 2.77. The molecule has 0 N–H and O–H groups in total. The maximum atomic E-state index is 4.75. The summed E-state index contributed by atoms with van der Waals surface area (Å²) in [7, 11) is 0. The summed E-state index contributed by atoms with van der Waals surface area (Å²) in [6.07, 6.45) is 4.24. The van der Waals surface area contributed by atoms with E-state index >= 15 is 0 Å². The second-order valence-corrected chi connectivity index (χ2v) is 5.36. The molecule has 4 nitrogen and oxygen atoms in total. The van der Waals surface area contributed by atoms with Crippen molar-refractivity contribution in [1.82, 2.24) is 19.2 Å². The van der Waals surface area contributed by atoms with Crippen LogP contribution in [0.2, 0.25) is 0 Å². The van der Waals surface area contributed by atoms with Crippen molar-refractivity contribution < 1.29 is 0 Å². The minimum atomic E-state index is 0.971. The quantitative estimate of drug-likeness (QED) is 0.838. The minimum Gasteiger partial charge on any atom is -0.307 e. The van der Waals surface area contributed by atoms with Crippen LogP contribution >= 0.6 is 0 Å². The molecule has 0 aromatic carbocycles. The maximum absolute atomic E-state index is 4.75. The van der Waals surface area contributed by atoms with Crippen LogP contribution in [0.1, 0.15) is 18.2 Å². The first-order valence-corrected chi connectivity index (χ1v) is 7.14. The topological polar surface area (TPSA) is 23.8 Å². The lowest BCUT2D eigenvalue weighted by molar-refractivity contribution is 0.131. The van der Waals surface area contributed by atoms with Crippen LogP contribution in [0, 0.1) is 6.92 Å². The highest BCUT2D eigenvalue weighted by Crippen LogP contribution is 2.12. The molecular weight excluding hydrogens is 236 g/mol. The highest BCUT2D eigenvalue weighted by Gasteiger charge is 2.16. The molecule has 1 aliphatic heterocycles. The lowest BCUT2D eigenvalue weighted by Gasteiger charge is -2.33. The molecule has 2 aromatic rings. The van der Waals surface area contributed by atoms with Crippen LogP contribution in [0.5, 0.6) is 0 Å². The largest absolute Gasteiger partial charge is 0.307 e. The second-order valence-electron chi connectivity index (χ2n) is 5.36. The molecule has 0 atom stereocenters. The molecule has 0 bridgehead atoms. The summed E-state index contributed by atoms with van der Waals surface area (Å²) in [6.45, 7) is 11.2. The van der Waals surface area contributed by atoms with Gasteiger partial charge in [-0.1, -0.05) is 13.0 Å². The Kier molecular flexibility index (Phi) is 3.53. The predicted molar refractivity (Wildman–Crippen MR) is 77.3 cm³/mol. The SMILES string of the molecule is CCN1CCN(Cc2cn3cccc(C)c3n2)CC1. The van der Waals surface area contributed by atoms with Gasteiger partial charge >= 0.3 is 0 Å². The number of aryl methyl sites for hydroxylation is 1. The van der Waals surface area contributed by atoms with Crippen LogP contribution in [-0.4, -0.2) is 51.9 Å². The zero-order valence-electron chi connectivity index (χ0n) is 11.8. The van der Waals surface area contributed by atoms with Crippen molar-refractivity contribution in [2.45, 2.75) is 20.4 Å². The van der Waals surface area contributed by atoms with Gasteiger partial charge in [-0.05, 0) is 25.1 Å². The number of nitrogens with zero attached hydrogens (tertiary/aromatic N) is 4. The van der Waals surface area contributed by atoms with Crippen molar-refractivity contribution in [2.75, 3.05) is 32.7 Å². The Morgan fingerprint density at radius 3 is 2.58 bits per heavy atom. The number of pyridine rings is 1. The van der Waals surface area contributed by atoms with Gasteiger partial charge in [0, 0.05) is 45.1 Å². The summed E-state index contributed by atoms with van der Waals surface area (Å²) in [5.41, 5.74) is 3.51. The van der Waals surface area contributed by atoms with Crippen LogP contribution in [0.4, 0.5) is 0 Å². The number of piperazine rings is 1. The van der Waals surface area contributed by atoms with E-state index in [0.717, 1.165) is 25.3 Å². The molecule has 4 heteroatoms. The molecular formula is C15H22N4. The number of aromatic nitrogens is 2. The molecule has 0 unspecified atom stereocenters. The Morgan fingerprint density at radius 1 is 1.16 bits per heavy atom. The molecule has 1 fully saturated rings. The molecule has 3 rings (SSSR count). The third kappa shape index (κ3) is 2.65. The third-order valence-electron chi connectivity index (χ3n) is 4.03. The summed E-state index contributed by atoms with van der Waals surface area (Å²) < 4.78 is 2.13. The molecule has 0 radical (unpaired) electrons. The van der Waals surface area contributed by atoms with Crippen molar-refractivity contribution in [2.24, 2.45) is 0 Å². The number of rotatable bonds is 3. The summed E-state index contributed by atoms with van der Waals surface area (Å²) >= 11 is 0.